The zero-order valence-electron chi connectivity index (χ0n) is 11.6. The Balaban J connectivity index is 2.24. The first-order valence-corrected chi connectivity index (χ1v) is 6.87. The van der Waals surface area contributed by atoms with Gasteiger partial charge in [-0.05, 0) is 25.7 Å². The van der Waals surface area contributed by atoms with E-state index in [1.165, 1.54) is 6.07 Å². The van der Waals surface area contributed by atoms with Gasteiger partial charge in [0.15, 0.2) is 0 Å². The molecule has 1 saturated carbocycles. The van der Waals surface area contributed by atoms with Crippen LogP contribution in [0.25, 0.3) is 0 Å². The Hall–Kier alpha value is -1.53. The number of halogens is 3. The molecule has 112 valence electrons. The summed E-state index contributed by atoms with van der Waals surface area (Å²) < 4.78 is 38.4. The third kappa shape index (κ3) is 3.52. The summed E-state index contributed by atoms with van der Waals surface area (Å²) in [6.07, 6.45) is -1.39. The predicted octanol–water partition coefficient (Wildman–Crippen LogP) is 3.53. The minimum absolute atomic E-state index is 0.181. The van der Waals surface area contributed by atoms with Crippen LogP contribution in [0, 0.1) is 5.92 Å². The van der Waals surface area contributed by atoms with Crippen molar-refractivity contribution in [1.82, 2.24) is 9.97 Å². The van der Waals surface area contributed by atoms with Gasteiger partial charge >= 0.3 is 6.18 Å². The second-order valence-corrected chi connectivity index (χ2v) is 5.15. The van der Waals surface area contributed by atoms with E-state index in [0.717, 1.165) is 19.3 Å². The van der Waals surface area contributed by atoms with Crippen molar-refractivity contribution < 1.29 is 13.2 Å². The van der Waals surface area contributed by atoms with E-state index in [9.17, 15) is 13.2 Å². The summed E-state index contributed by atoms with van der Waals surface area (Å²) in [6, 6.07) is 1.71. The van der Waals surface area contributed by atoms with E-state index >= 15 is 0 Å². The van der Waals surface area contributed by atoms with Gasteiger partial charge in [0.1, 0.15) is 11.6 Å². The highest BCUT2D eigenvalue weighted by Crippen LogP contribution is 2.31. The fraction of sp³-hybridized carbons (Fsp3) is 0.692. The Morgan fingerprint density at radius 3 is 2.50 bits per heavy atom. The second-order valence-electron chi connectivity index (χ2n) is 5.15. The standard InChI is InChI=1S/C13H19F3N4/c1-3-17-10-7-11(18-9-6-4-5-8(9)2)20-12(19-10)13(14,15)16/h7-9H,3-6H2,1-2H3,(H2,17,18,19,20). The van der Waals surface area contributed by atoms with Crippen LogP contribution in [0.4, 0.5) is 24.8 Å². The number of nitrogens with zero attached hydrogens (tertiary/aromatic N) is 2. The first-order chi connectivity index (χ1) is 9.40. The Labute approximate surface area is 116 Å². The zero-order valence-corrected chi connectivity index (χ0v) is 11.6. The molecule has 2 rings (SSSR count). The molecule has 1 aliphatic rings. The van der Waals surface area contributed by atoms with Crippen LogP contribution in [0.5, 0.6) is 0 Å². The van der Waals surface area contributed by atoms with Gasteiger partial charge in [-0.2, -0.15) is 13.2 Å². The molecule has 4 nitrogen and oxygen atoms in total. The van der Waals surface area contributed by atoms with Gasteiger partial charge in [-0.15, -0.1) is 0 Å². The van der Waals surface area contributed by atoms with Gasteiger partial charge in [-0.1, -0.05) is 13.3 Å². The van der Waals surface area contributed by atoms with Crippen LogP contribution in [-0.2, 0) is 6.18 Å². The van der Waals surface area contributed by atoms with E-state index in [-0.39, 0.29) is 17.7 Å². The van der Waals surface area contributed by atoms with Crippen molar-refractivity contribution in [3.63, 3.8) is 0 Å². The van der Waals surface area contributed by atoms with Gasteiger partial charge in [-0.3, -0.25) is 0 Å². The van der Waals surface area contributed by atoms with Crippen molar-refractivity contribution in [3.8, 4) is 0 Å². The van der Waals surface area contributed by atoms with Crippen molar-refractivity contribution in [2.75, 3.05) is 17.2 Å². The summed E-state index contributed by atoms with van der Waals surface area (Å²) in [5, 5.41) is 5.92. The molecule has 7 heteroatoms. The largest absolute Gasteiger partial charge is 0.451 e. The number of anilines is 2. The number of aromatic nitrogens is 2. The van der Waals surface area contributed by atoms with Crippen molar-refractivity contribution in [2.45, 2.75) is 45.3 Å². The maximum atomic E-state index is 12.8. The third-order valence-electron chi connectivity index (χ3n) is 3.53. The van der Waals surface area contributed by atoms with Crippen LogP contribution in [0.2, 0.25) is 0 Å². The van der Waals surface area contributed by atoms with Crippen molar-refractivity contribution >= 4 is 11.6 Å². The van der Waals surface area contributed by atoms with Gasteiger partial charge in [-0.25, -0.2) is 9.97 Å². The van der Waals surface area contributed by atoms with E-state index in [4.69, 9.17) is 0 Å². The van der Waals surface area contributed by atoms with Crippen molar-refractivity contribution in [1.29, 1.82) is 0 Å². The molecule has 1 fully saturated rings. The molecule has 2 unspecified atom stereocenters. The molecule has 2 N–H and O–H groups in total. The number of nitrogens with one attached hydrogen (secondary N) is 2. The van der Waals surface area contributed by atoms with Crippen LogP contribution in [0.1, 0.15) is 38.9 Å². The number of hydrogen-bond acceptors (Lipinski definition) is 4. The fourth-order valence-corrected chi connectivity index (χ4v) is 2.47. The van der Waals surface area contributed by atoms with Crippen molar-refractivity contribution in [3.05, 3.63) is 11.9 Å². The van der Waals surface area contributed by atoms with Gasteiger partial charge in [0, 0.05) is 18.7 Å². The summed E-state index contributed by atoms with van der Waals surface area (Å²) in [4.78, 5) is 7.10. The predicted molar refractivity (Wildman–Crippen MR) is 71.6 cm³/mol. The molecule has 0 radical (unpaired) electrons. The van der Waals surface area contributed by atoms with Crippen molar-refractivity contribution in [2.24, 2.45) is 5.92 Å². The summed E-state index contributed by atoms with van der Waals surface area (Å²) in [5.41, 5.74) is 0. The van der Waals surface area contributed by atoms with Gasteiger partial charge in [0.25, 0.3) is 0 Å². The number of alkyl halides is 3. The van der Waals surface area contributed by atoms with Gasteiger partial charge in [0.2, 0.25) is 5.82 Å². The molecule has 0 aromatic carbocycles. The molecule has 0 aliphatic heterocycles. The Kier molecular flexibility index (Phi) is 4.35. The van der Waals surface area contributed by atoms with E-state index in [0.29, 0.717) is 12.5 Å². The molecule has 1 heterocycles. The molecule has 1 aromatic rings. The zero-order chi connectivity index (χ0) is 14.8. The molecule has 2 atom stereocenters. The summed E-state index contributed by atoms with van der Waals surface area (Å²) in [5.74, 6) is -0.226. The third-order valence-corrected chi connectivity index (χ3v) is 3.53. The van der Waals surface area contributed by atoms with E-state index in [1.807, 2.05) is 6.92 Å². The molecular weight excluding hydrogens is 269 g/mol. The smallest absolute Gasteiger partial charge is 0.370 e. The topological polar surface area (TPSA) is 49.8 Å². The first kappa shape index (κ1) is 14.9. The monoisotopic (exact) mass is 288 g/mol. The maximum Gasteiger partial charge on any atom is 0.451 e. The molecule has 0 saturated heterocycles. The van der Waals surface area contributed by atoms with E-state index in [2.05, 4.69) is 27.5 Å². The minimum atomic E-state index is -4.54. The van der Waals surface area contributed by atoms with E-state index in [1.54, 1.807) is 0 Å². The average molecular weight is 288 g/mol. The maximum absolute atomic E-state index is 12.8. The molecular formula is C13H19F3N4. The fourth-order valence-electron chi connectivity index (χ4n) is 2.47. The van der Waals surface area contributed by atoms with Crippen LogP contribution >= 0.6 is 0 Å². The quantitative estimate of drug-likeness (QED) is 0.890. The lowest BCUT2D eigenvalue weighted by molar-refractivity contribution is -0.144. The summed E-state index contributed by atoms with van der Waals surface area (Å²) >= 11 is 0. The van der Waals surface area contributed by atoms with E-state index < -0.39 is 12.0 Å². The second kappa shape index (κ2) is 5.85. The molecule has 1 aliphatic carbocycles. The lowest BCUT2D eigenvalue weighted by Gasteiger charge is -2.19. The molecule has 0 spiro atoms. The Morgan fingerprint density at radius 1 is 1.25 bits per heavy atom. The first-order valence-electron chi connectivity index (χ1n) is 6.87. The van der Waals surface area contributed by atoms with Crippen LogP contribution in [0.15, 0.2) is 6.07 Å². The molecule has 20 heavy (non-hydrogen) atoms. The number of hydrogen-bond donors (Lipinski definition) is 2. The normalized spacial score (nSPS) is 22.9. The Morgan fingerprint density at radius 2 is 1.95 bits per heavy atom. The van der Waals surface area contributed by atoms with Gasteiger partial charge < -0.3 is 10.6 Å². The lowest BCUT2D eigenvalue weighted by atomic mass is 10.1. The highest BCUT2D eigenvalue weighted by Gasteiger charge is 2.36. The molecule has 0 amide bonds. The summed E-state index contributed by atoms with van der Waals surface area (Å²) in [7, 11) is 0. The highest BCUT2D eigenvalue weighted by molar-refractivity contribution is 5.48. The molecule has 0 bridgehead atoms. The minimum Gasteiger partial charge on any atom is -0.370 e. The Bertz CT molecular complexity index is 461. The summed E-state index contributed by atoms with van der Waals surface area (Å²) in [6.45, 7) is 4.41. The molecule has 1 aromatic heterocycles. The van der Waals surface area contributed by atoms with Crippen LogP contribution < -0.4 is 10.6 Å². The lowest BCUT2D eigenvalue weighted by Crippen LogP contribution is -2.24. The van der Waals surface area contributed by atoms with Crippen LogP contribution in [0.3, 0.4) is 0 Å². The SMILES string of the molecule is CCNc1cc(NC2CCCC2C)nc(C(F)(F)F)n1. The number of rotatable bonds is 4. The average Bonchev–Trinajstić information content (AvgIpc) is 2.74. The van der Waals surface area contributed by atoms with Crippen LogP contribution in [-0.4, -0.2) is 22.6 Å². The highest BCUT2D eigenvalue weighted by atomic mass is 19.4. The van der Waals surface area contributed by atoms with Gasteiger partial charge in [0.05, 0.1) is 0 Å².